The van der Waals surface area contributed by atoms with E-state index < -0.39 is 10.0 Å². The number of hydrogen-bond donors (Lipinski definition) is 3. The minimum absolute atomic E-state index is 0.0215. The lowest BCUT2D eigenvalue weighted by Crippen LogP contribution is -2.47. The Balaban J connectivity index is 1.83. The fraction of sp³-hybridized carbons (Fsp3) is 0.500. The predicted molar refractivity (Wildman–Crippen MR) is 79.6 cm³/mol. The number of benzene rings is 1. The molecular weight excluding hydrogens is 290 g/mol. The molecule has 0 aliphatic carbocycles. The van der Waals surface area contributed by atoms with Crippen molar-refractivity contribution >= 4 is 21.6 Å². The second kappa shape index (κ2) is 5.65. The topological polar surface area (TPSA) is 87.3 Å². The van der Waals surface area contributed by atoms with E-state index in [1.165, 1.54) is 0 Å². The number of carbonyl (C=O) groups is 1. The third-order valence-electron chi connectivity index (χ3n) is 3.93. The van der Waals surface area contributed by atoms with Crippen molar-refractivity contribution in [2.45, 2.75) is 36.6 Å². The first-order valence-corrected chi connectivity index (χ1v) is 8.69. The fourth-order valence-corrected chi connectivity index (χ4v) is 4.41. The Labute approximate surface area is 124 Å². The molecule has 0 radical (unpaired) electrons. The Morgan fingerprint density at radius 1 is 1.19 bits per heavy atom. The summed E-state index contributed by atoms with van der Waals surface area (Å²) < 4.78 is 27.9. The summed E-state index contributed by atoms with van der Waals surface area (Å²) in [6.07, 6.45) is 2.60. The van der Waals surface area contributed by atoms with Gasteiger partial charge >= 0.3 is 0 Å². The van der Waals surface area contributed by atoms with Crippen LogP contribution < -0.4 is 15.4 Å². The zero-order valence-electron chi connectivity index (χ0n) is 11.7. The van der Waals surface area contributed by atoms with Gasteiger partial charge in [0.05, 0.1) is 4.90 Å². The molecule has 1 atom stereocenters. The predicted octanol–water partition coefficient (Wildman–Crippen LogP) is 0.602. The van der Waals surface area contributed by atoms with E-state index in [2.05, 4.69) is 15.4 Å². The molecule has 1 amide bonds. The van der Waals surface area contributed by atoms with Crippen molar-refractivity contribution in [1.29, 1.82) is 0 Å². The lowest BCUT2D eigenvalue weighted by molar-refractivity contribution is -0.122. The van der Waals surface area contributed by atoms with Gasteiger partial charge in [0.2, 0.25) is 15.9 Å². The average molecular weight is 309 g/mol. The van der Waals surface area contributed by atoms with Gasteiger partial charge in [0, 0.05) is 31.2 Å². The molecule has 1 fully saturated rings. The molecule has 2 aliphatic rings. The van der Waals surface area contributed by atoms with Crippen LogP contribution in [0.25, 0.3) is 0 Å². The molecule has 6 nitrogen and oxygen atoms in total. The normalized spacial score (nSPS) is 22.1. The molecule has 1 saturated heterocycles. The van der Waals surface area contributed by atoms with Crippen molar-refractivity contribution in [2.75, 3.05) is 18.4 Å². The van der Waals surface area contributed by atoms with Crippen LogP contribution in [-0.4, -0.2) is 33.5 Å². The lowest BCUT2D eigenvalue weighted by Gasteiger charge is -2.25. The molecule has 0 aromatic heterocycles. The first kappa shape index (κ1) is 14.3. The summed E-state index contributed by atoms with van der Waals surface area (Å²) >= 11 is 0. The van der Waals surface area contributed by atoms with Crippen LogP contribution in [0, 0.1) is 0 Å². The van der Waals surface area contributed by atoms with Gasteiger partial charge in [-0.2, -0.15) is 0 Å². The van der Waals surface area contributed by atoms with Gasteiger partial charge in [0.1, 0.15) is 0 Å². The number of amides is 1. The quantitative estimate of drug-likeness (QED) is 0.763. The largest absolute Gasteiger partial charge is 0.385 e. The molecule has 1 unspecified atom stereocenters. The smallest absolute Gasteiger partial charge is 0.241 e. The summed E-state index contributed by atoms with van der Waals surface area (Å²) in [7, 11) is -3.56. The Kier molecular flexibility index (Phi) is 3.86. The van der Waals surface area contributed by atoms with Crippen molar-refractivity contribution in [2.24, 2.45) is 0 Å². The molecule has 0 spiro atoms. The average Bonchev–Trinajstić information content (AvgIpc) is 2.49. The SMILES string of the molecule is O=C1CCC(NS(=O)(=O)c2cccc3c2CCCN3)CN1. The second-order valence-corrected chi connectivity index (χ2v) is 7.16. The number of rotatable bonds is 3. The zero-order valence-corrected chi connectivity index (χ0v) is 12.5. The molecule has 7 heteroatoms. The molecule has 1 aromatic carbocycles. The third kappa shape index (κ3) is 3.03. The van der Waals surface area contributed by atoms with Gasteiger partial charge in [0.25, 0.3) is 0 Å². The number of anilines is 1. The van der Waals surface area contributed by atoms with Crippen LogP contribution >= 0.6 is 0 Å². The van der Waals surface area contributed by atoms with Gasteiger partial charge in [-0.3, -0.25) is 4.79 Å². The van der Waals surface area contributed by atoms with E-state index in [0.717, 1.165) is 30.6 Å². The van der Waals surface area contributed by atoms with Gasteiger partial charge in [-0.1, -0.05) is 6.07 Å². The van der Waals surface area contributed by atoms with Crippen molar-refractivity contribution in [1.82, 2.24) is 10.0 Å². The summed E-state index contributed by atoms with van der Waals surface area (Å²) in [5, 5.41) is 5.93. The molecule has 2 aliphatic heterocycles. The number of hydrogen-bond acceptors (Lipinski definition) is 4. The van der Waals surface area contributed by atoms with Gasteiger partial charge in [0.15, 0.2) is 0 Å². The van der Waals surface area contributed by atoms with Gasteiger partial charge in [-0.15, -0.1) is 0 Å². The molecule has 21 heavy (non-hydrogen) atoms. The molecule has 1 aromatic rings. The Hall–Kier alpha value is -1.60. The number of carbonyl (C=O) groups excluding carboxylic acids is 1. The number of sulfonamides is 1. The maximum absolute atomic E-state index is 12.6. The first-order chi connectivity index (χ1) is 10.1. The molecule has 2 heterocycles. The van der Waals surface area contributed by atoms with Crippen molar-refractivity contribution in [3.05, 3.63) is 23.8 Å². The van der Waals surface area contributed by atoms with Crippen LogP contribution in [-0.2, 0) is 21.2 Å². The minimum Gasteiger partial charge on any atom is -0.385 e. The summed E-state index contributed by atoms with van der Waals surface area (Å²) in [6, 6.07) is 5.08. The summed E-state index contributed by atoms with van der Waals surface area (Å²) in [5.41, 5.74) is 1.76. The van der Waals surface area contributed by atoms with Crippen LogP contribution in [0.5, 0.6) is 0 Å². The molecular formula is C14H19N3O3S. The van der Waals surface area contributed by atoms with Crippen LogP contribution in [0.4, 0.5) is 5.69 Å². The van der Waals surface area contributed by atoms with E-state index in [-0.39, 0.29) is 11.9 Å². The Bertz CT molecular complexity index is 647. The Morgan fingerprint density at radius 2 is 2.05 bits per heavy atom. The molecule has 0 saturated carbocycles. The minimum atomic E-state index is -3.56. The summed E-state index contributed by atoms with van der Waals surface area (Å²) in [6.45, 7) is 1.23. The molecule has 3 rings (SSSR count). The van der Waals surface area contributed by atoms with E-state index in [4.69, 9.17) is 0 Å². The Morgan fingerprint density at radius 3 is 2.81 bits per heavy atom. The lowest BCUT2D eigenvalue weighted by atomic mass is 10.0. The standard InChI is InChI=1S/C14H19N3O3S/c18-14-7-6-10(9-16-14)17-21(19,20)13-5-1-4-12-11(13)3-2-8-15-12/h1,4-5,10,15,17H,2-3,6-9H2,(H,16,18). The van der Waals surface area contributed by atoms with E-state index in [9.17, 15) is 13.2 Å². The van der Waals surface area contributed by atoms with Crippen LogP contribution in [0.15, 0.2) is 23.1 Å². The van der Waals surface area contributed by atoms with Gasteiger partial charge in [-0.05, 0) is 37.0 Å². The van der Waals surface area contributed by atoms with Crippen molar-refractivity contribution in [3.63, 3.8) is 0 Å². The maximum Gasteiger partial charge on any atom is 0.241 e. The van der Waals surface area contributed by atoms with Gasteiger partial charge in [-0.25, -0.2) is 13.1 Å². The summed E-state index contributed by atoms with van der Waals surface area (Å²) in [4.78, 5) is 11.5. The van der Waals surface area contributed by atoms with E-state index >= 15 is 0 Å². The number of nitrogens with one attached hydrogen (secondary N) is 3. The van der Waals surface area contributed by atoms with Gasteiger partial charge < -0.3 is 10.6 Å². The van der Waals surface area contributed by atoms with E-state index in [0.29, 0.717) is 24.3 Å². The number of piperidine rings is 1. The number of fused-ring (bicyclic) bond motifs is 1. The highest BCUT2D eigenvalue weighted by molar-refractivity contribution is 7.89. The highest BCUT2D eigenvalue weighted by Crippen LogP contribution is 2.28. The first-order valence-electron chi connectivity index (χ1n) is 7.21. The van der Waals surface area contributed by atoms with Crippen LogP contribution in [0.3, 0.4) is 0 Å². The highest BCUT2D eigenvalue weighted by Gasteiger charge is 2.27. The third-order valence-corrected chi connectivity index (χ3v) is 5.53. The fourth-order valence-electron chi connectivity index (χ4n) is 2.85. The molecule has 0 bridgehead atoms. The molecule has 114 valence electrons. The zero-order chi connectivity index (χ0) is 14.9. The van der Waals surface area contributed by atoms with E-state index in [1.807, 2.05) is 6.07 Å². The highest BCUT2D eigenvalue weighted by atomic mass is 32.2. The maximum atomic E-state index is 12.6. The summed E-state index contributed by atoms with van der Waals surface area (Å²) in [5.74, 6) is -0.0215. The monoisotopic (exact) mass is 309 g/mol. The molecule has 3 N–H and O–H groups in total. The van der Waals surface area contributed by atoms with Crippen molar-refractivity contribution < 1.29 is 13.2 Å². The van der Waals surface area contributed by atoms with E-state index in [1.54, 1.807) is 12.1 Å². The van der Waals surface area contributed by atoms with Crippen molar-refractivity contribution in [3.8, 4) is 0 Å². The van der Waals surface area contributed by atoms with Crippen LogP contribution in [0.2, 0.25) is 0 Å². The van der Waals surface area contributed by atoms with Crippen LogP contribution in [0.1, 0.15) is 24.8 Å². The second-order valence-electron chi connectivity index (χ2n) is 5.47.